The molecule has 1 aliphatic rings. The molecule has 0 aliphatic heterocycles. The number of halogens is 1. The van der Waals surface area contributed by atoms with E-state index in [4.69, 9.17) is 17.3 Å². The maximum Gasteiger partial charge on any atom is 0.0406 e. The van der Waals surface area contributed by atoms with Crippen LogP contribution in [-0.2, 0) is 0 Å². The highest BCUT2D eigenvalue weighted by Gasteiger charge is 2.49. The van der Waals surface area contributed by atoms with Crippen molar-refractivity contribution in [2.75, 3.05) is 0 Å². The van der Waals surface area contributed by atoms with Gasteiger partial charge in [-0.1, -0.05) is 37.6 Å². The average molecular weight is 210 g/mol. The van der Waals surface area contributed by atoms with Crippen LogP contribution < -0.4 is 5.73 Å². The van der Waals surface area contributed by atoms with Gasteiger partial charge in [-0.15, -0.1) is 0 Å². The van der Waals surface area contributed by atoms with Crippen LogP contribution in [0.25, 0.3) is 0 Å². The quantitative estimate of drug-likeness (QED) is 0.794. The topological polar surface area (TPSA) is 26.0 Å². The minimum Gasteiger partial charge on any atom is -0.324 e. The van der Waals surface area contributed by atoms with E-state index < -0.39 is 0 Å². The van der Waals surface area contributed by atoms with Crippen molar-refractivity contribution >= 4 is 11.6 Å². The van der Waals surface area contributed by atoms with Gasteiger partial charge >= 0.3 is 0 Å². The van der Waals surface area contributed by atoms with E-state index >= 15 is 0 Å². The molecule has 1 aliphatic carbocycles. The van der Waals surface area contributed by atoms with Crippen LogP contribution in [0.3, 0.4) is 0 Å². The highest BCUT2D eigenvalue weighted by Crippen LogP contribution is 2.56. The zero-order valence-corrected chi connectivity index (χ0v) is 9.38. The van der Waals surface area contributed by atoms with E-state index in [-0.39, 0.29) is 6.04 Å². The Hall–Kier alpha value is -0.530. The maximum absolute atomic E-state index is 6.18. The molecule has 0 heterocycles. The molecule has 14 heavy (non-hydrogen) atoms. The van der Waals surface area contributed by atoms with Gasteiger partial charge in [0.2, 0.25) is 0 Å². The summed E-state index contributed by atoms with van der Waals surface area (Å²) in [6, 6.07) is 8.04. The molecular formula is C12H16ClN. The molecule has 0 aromatic heterocycles. The van der Waals surface area contributed by atoms with Crippen molar-refractivity contribution < 1.29 is 0 Å². The number of hydrogen-bond acceptors (Lipinski definition) is 1. The van der Waals surface area contributed by atoms with E-state index in [2.05, 4.69) is 13.8 Å². The van der Waals surface area contributed by atoms with Gasteiger partial charge in [0.15, 0.2) is 0 Å². The summed E-state index contributed by atoms with van der Waals surface area (Å²) in [6.07, 6.45) is 1.23. The predicted octanol–water partition coefficient (Wildman–Crippen LogP) is 3.39. The molecular weight excluding hydrogens is 194 g/mol. The first-order valence-electron chi connectivity index (χ1n) is 5.02. The molecule has 2 N–H and O–H groups in total. The second-order valence-corrected chi connectivity index (χ2v) is 5.31. The molecule has 2 heteroatoms. The standard InChI is InChI=1S/C12H16ClN/c1-12(2)7-10(12)11(14)8-3-5-9(13)6-4-8/h3-6,10-11H,7,14H2,1-2H3. The van der Waals surface area contributed by atoms with Gasteiger partial charge in [0.05, 0.1) is 0 Å². The van der Waals surface area contributed by atoms with Crippen molar-refractivity contribution in [3.8, 4) is 0 Å². The summed E-state index contributed by atoms with van der Waals surface area (Å²) in [5.41, 5.74) is 7.81. The van der Waals surface area contributed by atoms with Gasteiger partial charge in [0.1, 0.15) is 0 Å². The van der Waals surface area contributed by atoms with Crippen molar-refractivity contribution in [1.82, 2.24) is 0 Å². The highest BCUT2D eigenvalue weighted by atomic mass is 35.5. The Morgan fingerprint density at radius 1 is 1.36 bits per heavy atom. The van der Waals surface area contributed by atoms with Crippen LogP contribution >= 0.6 is 11.6 Å². The maximum atomic E-state index is 6.18. The van der Waals surface area contributed by atoms with Crippen molar-refractivity contribution in [3.05, 3.63) is 34.9 Å². The second-order valence-electron chi connectivity index (χ2n) is 4.88. The van der Waals surface area contributed by atoms with Crippen LogP contribution in [-0.4, -0.2) is 0 Å². The number of benzene rings is 1. The lowest BCUT2D eigenvalue weighted by Crippen LogP contribution is -2.15. The van der Waals surface area contributed by atoms with Crippen LogP contribution in [0.15, 0.2) is 24.3 Å². The SMILES string of the molecule is CC1(C)CC1C(N)c1ccc(Cl)cc1. The first kappa shape index (κ1) is 10.0. The Kier molecular flexibility index (Phi) is 2.32. The van der Waals surface area contributed by atoms with E-state index in [9.17, 15) is 0 Å². The number of nitrogens with two attached hydrogens (primary N) is 1. The highest BCUT2D eigenvalue weighted by molar-refractivity contribution is 6.30. The molecule has 1 aromatic rings. The first-order valence-corrected chi connectivity index (χ1v) is 5.39. The molecule has 1 nitrogen and oxygen atoms in total. The summed E-state index contributed by atoms with van der Waals surface area (Å²) >= 11 is 5.83. The van der Waals surface area contributed by atoms with Gasteiger partial charge in [-0.05, 0) is 35.4 Å². The molecule has 0 radical (unpaired) electrons. The smallest absolute Gasteiger partial charge is 0.0406 e. The Bertz CT molecular complexity index is 329. The van der Waals surface area contributed by atoms with E-state index in [0.717, 1.165) is 5.02 Å². The van der Waals surface area contributed by atoms with E-state index in [1.807, 2.05) is 24.3 Å². The fourth-order valence-corrected chi connectivity index (χ4v) is 2.16. The fraction of sp³-hybridized carbons (Fsp3) is 0.500. The molecule has 1 aromatic carbocycles. The van der Waals surface area contributed by atoms with Crippen LogP contribution in [0.1, 0.15) is 31.9 Å². The summed E-state index contributed by atoms with van der Waals surface area (Å²) in [5, 5.41) is 0.774. The van der Waals surface area contributed by atoms with Crippen LogP contribution in [0.5, 0.6) is 0 Å². The minimum absolute atomic E-state index is 0.169. The Labute approximate surface area is 90.3 Å². The minimum atomic E-state index is 0.169. The lowest BCUT2D eigenvalue weighted by Gasteiger charge is -2.13. The van der Waals surface area contributed by atoms with E-state index in [1.165, 1.54) is 12.0 Å². The monoisotopic (exact) mass is 209 g/mol. The molecule has 0 amide bonds. The summed E-state index contributed by atoms with van der Waals surface area (Å²) in [4.78, 5) is 0. The van der Waals surface area contributed by atoms with Crippen LogP contribution in [0.2, 0.25) is 5.02 Å². The predicted molar refractivity (Wildman–Crippen MR) is 60.3 cm³/mol. The lowest BCUT2D eigenvalue weighted by molar-refractivity contribution is 0.491. The molecule has 0 bridgehead atoms. The molecule has 2 rings (SSSR count). The van der Waals surface area contributed by atoms with Gasteiger partial charge in [-0.3, -0.25) is 0 Å². The van der Waals surface area contributed by atoms with E-state index in [1.54, 1.807) is 0 Å². The molecule has 2 atom stereocenters. The molecule has 1 saturated carbocycles. The van der Waals surface area contributed by atoms with Crippen LogP contribution in [0, 0.1) is 11.3 Å². The number of hydrogen-bond donors (Lipinski definition) is 1. The largest absolute Gasteiger partial charge is 0.324 e. The van der Waals surface area contributed by atoms with Crippen LogP contribution in [0.4, 0.5) is 0 Å². The lowest BCUT2D eigenvalue weighted by atomic mass is 9.98. The van der Waals surface area contributed by atoms with E-state index in [0.29, 0.717) is 11.3 Å². The Morgan fingerprint density at radius 3 is 2.29 bits per heavy atom. The van der Waals surface area contributed by atoms with Gasteiger partial charge in [0.25, 0.3) is 0 Å². The van der Waals surface area contributed by atoms with Gasteiger partial charge < -0.3 is 5.73 Å². The summed E-state index contributed by atoms with van der Waals surface area (Å²) in [6.45, 7) is 4.54. The third-order valence-corrected chi connectivity index (χ3v) is 3.53. The zero-order valence-electron chi connectivity index (χ0n) is 8.63. The summed E-state index contributed by atoms with van der Waals surface area (Å²) < 4.78 is 0. The third-order valence-electron chi connectivity index (χ3n) is 3.28. The zero-order chi connectivity index (χ0) is 10.3. The molecule has 1 fully saturated rings. The number of rotatable bonds is 2. The molecule has 2 unspecified atom stereocenters. The van der Waals surface area contributed by atoms with Crippen molar-refractivity contribution in [3.63, 3.8) is 0 Å². The van der Waals surface area contributed by atoms with Crippen molar-refractivity contribution in [1.29, 1.82) is 0 Å². The van der Waals surface area contributed by atoms with Gasteiger partial charge in [0, 0.05) is 11.1 Å². The molecule has 0 spiro atoms. The summed E-state index contributed by atoms with van der Waals surface area (Å²) in [7, 11) is 0. The third kappa shape index (κ3) is 1.79. The molecule has 0 saturated heterocycles. The molecule has 76 valence electrons. The van der Waals surface area contributed by atoms with Gasteiger partial charge in [-0.2, -0.15) is 0 Å². The summed E-state index contributed by atoms with van der Waals surface area (Å²) in [5.74, 6) is 0.628. The second kappa shape index (κ2) is 3.25. The Balaban J connectivity index is 2.13. The normalized spacial score (nSPS) is 25.9. The Morgan fingerprint density at radius 2 is 1.86 bits per heavy atom. The van der Waals surface area contributed by atoms with Gasteiger partial charge in [-0.25, -0.2) is 0 Å². The first-order chi connectivity index (χ1) is 6.50. The van der Waals surface area contributed by atoms with Crippen molar-refractivity contribution in [2.24, 2.45) is 17.1 Å². The fourth-order valence-electron chi connectivity index (χ4n) is 2.04. The average Bonchev–Trinajstić information content (AvgIpc) is 2.75. The van der Waals surface area contributed by atoms with Crippen molar-refractivity contribution in [2.45, 2.75) is 26.3 Å².